The number of urea groups is 1. The van der Waals surface area contributed by atoms with Gasteiger partial charge in [0.1, 0.15) is 5.75 Å². The number of nitrogens with one attached hydrogen (secondary N) is 2. The summed E-state index contributed by atoms with van der Waals surface area (Å²) in [4.78, 5) is 16.7. The molecule has 1 aromatic heterocycles. The van der Waals surface area contributed by atoms with E-state index in [1.807, 2.05) is 42.6 Å². The van der Waals surface area contributed by atoms with Gasteiger partial charge in [-0.15, -0.1) is 11.3 Å². The Labute approximate surface area is 173 Å². The van der Waals surface area contributed by atoms with Crippen molar-refractivity contribution in [3.05, 3.63) is 52.9 Å². The minimum absolute atomic E-state index is 0.327. The molecule has 0 aliphatic heterocycles. The molecule has 1 heterocycles. The molecule has 2 aromatic carbocycles. The molecule has 2 amide bonds. The summed E-state index contributed by atoms with van der Waals surface area (Å²) in [6.07, 6.45) is 0. The van der Waals surface area contributed by atoms with Crippen molar-refractivity contribution in [2.45, 2.75) is 13.5 Å². The summed E-state index contributed by atoms with van der Waals surface area (Å²) >= 11 is 1.37. The predicted molar refractivity (Wildman–Crippen MR) is 114 cm³/mol. The molecule has 0 saturated carbocycles. The average Bonchev–Trinajstić information content (AvgIpc) is 3.20. The minimum Gasteiger partial charge on any atom is -0.496 e. The van der Waals surface area contributed by atoms with Gasteiger partial charge in [-0.05, 0) is 48.4 Å². The number of ether oxygens (including phenoxy) is 3. The number of aryl methyl sites for hydroxylation is 1. The van der Waals surface area contributed by atoms with E-state index >= 15 is 0 Å². The van der Waals surface area contributed by atoms with Gasteiger partial charge in [-0.3, -0.25) is 5.32 Å². The maximum atomic E-state index is 12.2. The van der Waals surface area contributed by atoms with Gasteiger partial charge in [0.15, 0.2) is 16.6 Å². The Morgan fingerprint density at radius 2 is 1.72 bits per heavy atom. The predicted octanol–water partition coefficient (Wildman–Crippen LogP) is 4.47. The van der Waals surface area contributed by atoms with Crippen LogP contribution in [0.3, 0.4) is 0 Å². The Bertz CT molecular complexity index is 1000. The van der Waals surface area contributed by atoms with E-state index in [9.17, 15) is 4.79 Å². The van der Waals surface area contributed by atoms with Crippen LogP contribution in [0.25, 0.3) is 11.3 Å². The monoisotopic (exact) mass is 413 g/mol. The second-order valence-electron chi connectivity index (χ2n) is 6.22. The van der Waals surface area contributed by atoms with Crippen molar-refractivity contribution < 1.29 is 19.0 Å². The van der Waals surface area contributed by atoms with E-state index in [1.165, 1.54) is 11.3 Å². The van der Waals surface area contributed by atoms with Crippen molar-refractivity contribution in [2.75, 3.05) is 26.6 Å². The fourth-order valence-electron chi connectivity index (χ4n) is 2.82. The van der Waals surface area contributed by atoms with E-state index in [-0.39, 0.29) is 6.03 Å². The smallest absolute Gasteiger partial charge is 0.321 e. The molecule has 29 heavy (non-hydrogen) atoms. The summed E-state index contributed by atoms with van der Waals surface area (Å²) in [6.45, 7) is 2.33. The summed E-state index contributed by atoms with van der Waals surface area (Å²) in [6, 6.07) is 11.0. The number of methoxy groups -OCH3 is 3. The summed E-state index contributed by atoms with van der Waals surface area (Å²) in [5.41, 5.74) is 3.70. The van der Waals surface area contributed by atoms with Crippen LogP contribution in [0.1, 0.15) is 11.1 Å². The molecule has 2 N–H and O–H groups in total. The standard InChI is InChI=1S/C21H23N3O4S/c1-13-9-15(6-8-17(13)26-2)16-12-29-21(23-16)24-20(25)22-11-14-5-7-18(27-3)19(10-14)28-4/h5-10,12H,11H2,1-4H3,(H2,22,23,24,25). The number of carbonyl (C=O) groups is 1. The maximum absolute atomic E-state index is 12.2. The number of carbonyl (C=O) groups excluding carboxylic acids is 1. The van der Waals surface area contributed by atoms with Crippen molar-refractivity contribution in [2.24, 2.45) is 0 Å². The number of hydrogen-bond donors (Lipinski definition) is 2. The third kappa shape index (κ3) is 4.97. The van der Waals surface area contributed by atoms with Gasteiger partial charge in [0.05, 0.1) is 27.0 Å². The highest BCUT2D eigenvalue weighted by atomic mass is 32.1. The Kier molecular flexibility index (Phi) is 6.56. The summed E-state index contributed by atoms with van der Waals surface area (Å²) < 4.78 is 15.8. The number of benzene rings is 2. The Balaban J connectivity index is 1.60. The first-order chi connectivity index (χ1) is 14.0. The van der Waals surface area contributed by atoms with Crippen molar-refractivity contribution in [3.8, 4) is 28.5 Å². The van der Waals surface area contributed by atoms with Gasteiger partial charge in [-0.25, -0.2) is 9.78 Å². The normalized spacial score (nSPS) is 10.3. The molecule has 3 rings (SSSR count). The van der Waals surface area contributed by atoms with Crippen LogP contribution in [0.2, 0.25) is 0 Å². The first kappa shape index (κ1) is 20.5. The van der Waals surface area contributed by atoms with Gasteiger partial charge in [-0.2, -0.15) is 0 Å². The van der Waals surface area contributed by atoms with E-state index in [2.05, 4.69) is 15.6 Å². The molecule has 0 saturated heterocycles. The minimum atomic E-state index is -0.327. The molecule has 0 radical (unpaired) electrons. The quantitative estimate of drug-likeness (QED) is 0.597. The zero-order valence-electron chi connectivity index (χ0n) is 16.7. The first-order valence-corrected chi connectivity index (χ1v) is 9.78. The average molecular weight is 413 g/mol. The van der Waals surface area contributed by atoms with E-state index in [4.69, 9.17) is 14.2 Å². The van der Waals surface area contributed by atoms with Crippen LogP contribution in [-0.4, -0.2) is 32.3 Å². The van der Waals surface area contributed by atoms with Crippen LogP contribution >= 0.6 is 11.3 Å². The third-order valence-electron chi connectivity index (χ3n) is 4.32. The molecular formula is C21H23N3O4S. The van der Waals surface area contributed by atoms with Crippen LogP contribution in [0, 0.1) is 6.92 Å². The summed E-state index contributed by atoms with van der Waals surface area (Å²) in [5.74, 6) is 2.09. The lowest BCUT2D eigenvalue weighted by Gasteiger charge is -2.10. The van der Waals surface area contributed by atoms with E-state index in [1.54, 1.807) is 27.4 Å². The summed E-state index contributed by atoms with van der Waals surface area (Å²) in [5, 5.41) is 8.01. The van der Waals surface area contributed by atoms with E-state index < -0.39 is 0 Å². The lowest BCUT2D eigenvalue weighted by atomic mass is 10.1. The SMILES string of the molecule is COc1ccc(-c2csc(NC(=O)NCc3ccc(OC)c(OC)c3)n2)cc1C. The highest BCUT2D eigenvalue weighted by Crippen LogP contribution is 2.29. The number of nitrogens with zero attached hydrogens (tertiary/aromatic N) is 1. The Hall–Kier alpha value is -3.26. The number of rotatable bonds is 7. The number of amides is 2. The van der Waals surface area contributed by atoms with Gasteiger partial charge in [0.2, 0.25) is 0 Å². The molecule has 0 aliphatic carbocycles. The lowest BCUT2D eigenvalue weighted by Crippen LogP contribution is -2.28. The molecule has 0 atom stereocenters. The second-order valence-corrected chi connectivity index (χ2v) is 7.08. The Morgan fingerprint density at radius 3 is 2.41 bits per heavy atom. The van der Waals surface area contributed by atoms with Crippen LogP contribution in [0.5, 0.6) is 17.2 Å². The molecule has 152 valence electrons. The summed E-state index contributed by atoms with van der Waals surface area (Å²) in [7, 11) is 4.80. The van der Waals surface area contributed by atoms with Crippen molar-refractivity contribution in [1.82, 2.24) is 10.3 Å². The zero-order valence-corrected chi connectivity index (χ0v) is 17.6. The highest BCUT2D eigenvalue weighted by molar-refractivity contribution is 7.14. The third-order valence-corrected chi connectivity index (χ3v) is 5.07. The fourth-order valence-corrected chi connectivity index (χ4v) is 3.53. The lowest BCUT2D eigenvalue weighted by molar-refractivity contribution is 0.251. The fraction of sp³-hybridized carbons (Fsp3) is 0.238. The van der Waals surface area contributed by atoms with Crippen molar-refractivity contribution in [3.63, 3.8) is 0 Å². The number of hydrogen-bond acceptors (Lipinski definition) is 6. The highest BCUT2D eigenvalue weighted by Gasteiger charge is 2.10. The van der Waals surface area contributed by atoms with Crippen LogP contribution in [-0.2, 0) is 6.54 Å². The van der Waals surface area contributed by atoms with Crippen LogP contribution in [0.4, 0.5) is 9.93 Å². The van der Waals surface area contributed by atoms with Crippen molar-refractivity contribution in [1.29, 1.82) is 0 Å². The van der Waals surface area contributed by atoms with Gasteiger partial charge >= 0.3 is 6.03 Å². The molecule has 0 unspecified atom stereocenters. The van der Waals surface area contributed by atoms with Gasteiger partial charge in [0, 0.05) is 17.5 Å². The van der Waals surface area contributed by atoms with Gasteiger partial charge in [-0.1, -0.05) is 6.07 Å². The Morgan fingerprint density at radius 1 is 1.00 bits per heavy atom. The first-order valence-electron chi connectivity index (χ1n) is 8.90. The van der Waals surface area contributed by atoms with Gasteiger partial charge < -0.3 is 19.5 Å². The molecule has 7 nitrogen and oxygen atoms in total. The topological polar surface area (TPSA) is 81.7 Å². The number of thiazole rings is 1. The molecule has 3 aromatic rings. The van der Waals surface area contributed by atoms with E-state index in [0.717, 1.165) is 28.1 Å². The van der Waals surface area contributed by atoms with Crippen molar-refractivity contribution >= 4 is 22.5 Å². The van der Waals surface area contributed by atoms with Crippen LogP contribution < -0.4 is 24.8 Å². The number of aromatic nitrogens is 1. The van der Waals surface area contributed by atoms with Crippen LogP contribution in [0.15, 0.2) is 41.8 Å². The number of anilines is 1. The molecular weight excluding hydrogens is 390 g/mol. The van der Waals surface area contributed by atoms with E-state index in [0.29, 0.717) is 23.2 Å². The maximum Gasteiger partial charge on any atom is 0.321 e. The second kappa shape index (κ2) is 9.29. The molecule has 0 bridgehead atoms. The molecule has 0 aliphatic rings. The largest absolute Gasteiger partial charge is 0.496 e. The molecule has 8 heteroatoms. The molecule has 0 fully saturated rings. The van der Waals surface area contributed by atoms with Gasteiger partial charge in [0.25, 0.3) is 0 Å². The zero-order chi connectivity index (χ0) is 20.8. The molecule has 0 spiro atoms.